The molecule has 27 heavy (non-hydrogen) atoms. The number of rotatable bonds is 3. The standard InChI is InChI=1S/C20H24F3NO3/c21-20(22,23)16-8-6-14(7-9-16)18(25)24-12-10-15(11-13-24)19(26)27-17-4-2-1-3-5-17/h6-9,15,17H,1-5,10-13H2. The van der Waals surface area contributed by atoms with E-state index in [4.69, 9.17) is 4.74 Å². The molecule has 148 valence electrons. The fourth-order valence-corrected chi connectivity index (χ4v) is 3.75. The van der Waals surface area contributed by atoms with Crippen molar-refractivity contribution in [3.05, 3.63) is 35.4 Å². The highest BCUT2D eigenvalue weighted by Gasteiger charge is 2.32. The lowest BCUT2D eigenvalue weighted by molar-refractivity contribution is -0.157. The zero-order chi connectivity index (χ0) is 19.4. The molecule has 1 saturated heterocycles. The van der Waals surface area contributed by atoms with Crippen molar-refractivity contribution in [1.29, 1.82) is 0 Å². The molecule has 1 aromatic rings. The lowest BCUT2D eigenvalue weighted by atomic mass is 9.95. The van der Waals surface area contributed by atoms with E-state index in [-0.39, 0.29) is 29.5 Å². The molecular weight excluding hydrogens is 359 g/mol. The number of hydrogen-bond acceptors (Lipinski definition) is 3. The Hall–Kier alpha value is -2.05. The van der Waals surface area contributed by atoms with Gasteiger partial charge < -0.3 is 9.64 Å². The van der Waals surface area contributed by atoms with Crippen LogP contribution in [0.2, 0.25) is 0 Å². The molecule has 1 heterocycles. The lowest BCUT2D eigenvalue weighted by Gasteiger charge is -2.32. The van der Waals surface area contributed by atoms with Crippen LogP contribution in [-0.4, -0.2) is 36.0 Å². The number of hydrogen-bond donors (Lipinski definition) is 0. The average molecular weight is 383 g/mol. The predicted octanol–water partition coefficient (Wildman–Crippen LogP) is 4.43. The van der Waals surface area contributed by atoms with Gasteiger partial charge in [0.15, 0.2) is 0 Å². The molecule has 2 fully saturated rings. The number of halogens is 3. The molecule has 0 N–H and O–H groups in total. The van der Waals surface area contributed by atoms with Crippen LogP contribution in [0.15, 0.2) is 24.3 Å². The first-order valence-electron chi connectivity index (χ1n) is 9.51. The smallest absolute Gasteiger partial charge is 0.416 e. The summed E-state index contributed by atoms with van der Waals surface area (Å²) in [5.74, 6) is -0.685. The van der Waals surface area contributed by atoms with Gasteiger partial charge in [0.05, 0.1) is 11.5 Å². The van der Waals surface area contributed by atoms with Crippen molar-refractivity contribution in [2.75, 3.05) is 13.1 Å². The Bertz CT molecular complexity index is 658. The summed E-state index contributed by atoms with van der Waals surface area (Å²) in [5.41, 5.74) is -0.547. The molecule has 2 aliphatic rings. The second kappa shape index (κ2) is 8.31. The molecule has 1 saturated carbocycles. The van der Waals surface area contributed by atoms with Crippen molar-refractivity contribution in [2.24, 2.45) is 5.92 Å². The van der Waals surface area contributed by atoms with Crippen molar-refractivity contribution in [3.63, 3.8) is 0 Å². The van der Waals surface area contributed by atoms with Crippen molar-refractivity contribution in [3.8, 4) is 0 Å². The van der Waals surface area contributed by atoms with Gasteiger partial charge in [-0.2, -0.15) is 13.2 Å². The summed E-state index contributed by atoms with van der Waals surface area (Å²) in [6.45, 7) is 0.814. The van der Waals surface area contributed by atoms with E-state index in [9.17, 15) is 22.8 Å². The molecule has 1 aliphatic carbocycles. The number of esters is 1. The molecule has 0 spiro atoms. The highest BCUT2D eigenvalue weighted by atomic mass is 19.4. The molecule has 4 nitrogen and oxygen atoms in total. The Morgan fingerprint density at radius 2 is 1.52 bits per heavy atom. The summed E-state index contributed by atoms with van der Waals surface area (Å²) < 4.78 is 43.5. The third-order valence-corrected chi connectivity index (χ3v) is 5.41. The van der Waals surface area contributed by atoms with Crippen LogP contribution in [0.25, 0.3) is 0 Å². The first-order valence-corrected chi connectivity index (χ1v) is 9.51. The molecule has 7 heteroatoms. The number of likely N-dealkylation sites (tertiary alicyclic amines) is 1. The van der Waals surface area contributed by atoms with Crippen LogP contribution >= 0.6 is 0 Å². The maximum absolute atomic E-state index is 12.6. The number of alkyl halides is 3. The molecular formula is C20H24F3NO3. The molecule has 0 bridgehead atoms. The van der Waals surface area contributed by atoms with E-state index in [0.29, 0.717) is 25.9 Å². The maximum Gasteiger partial charge on any atom is 0.416 e. The number of carbonyl (C=O) groups is 2. The van der Waals surface area contributed by atoms with Crippen molar-refractivity contribution < 1.29 is 27.5 Å². The Kier molecular flexibility index (Phi) is 6.07. The van der Waals surface area contributed by atoms with Crippen LogP contribution in [0, 0.1) is 5.92 Å². The predicted molar refractivity (Wildman–Crippen MR) is 93.0 cm³/mol. The van der Waals surface area contributed by atoms with Gasteiger partial charge in [0, 0.05) is 18.7 Å². The summed E-state index contributed by atoms with van der Waals surface area (Å²) >= 11 is 0. The quantitative estimate of drug-likeness (QED) is 0.726. The SMILES string of the molecule is O=C(OC1CCCCC1)C1CCN(C(=O)c2ccc(C(F)(F)F)cc2)CC1. The normalized spacial score (nSPS) is 19.7. The highest BCUT2D eigenvalue weighted by molar-refractivity contribution is 5.94. The first-order chi connectivity index (χ1) is 12.8. The van der Waals surface area contributed by atoms with E-state index >= 15 is 0 Å². The molecule has 1 aromatic carbocycles. The number of nitrogens with zero attached hydrogens (tertiary/aromatic N) is 1. The zero-order valence-corrected chi connectivity index (χ0v) is 15.1. The van der Waals surface area contributed by atoms with Gasteiger partial charge in [0.2, 0.25) is 0 Å². The van der Waals surface area contributed by atoms with Crippen LogP contribution in [0.3, 0.4) is 0 Å². The molecule has 0 radical (unpaired) electrons. The second-order valence-corrected chi connectivity index (χ2v) is 7.34. The van der Waals surface area contributed by atoms with Crippen LogP contribution in [0.4, 0.5) is 13.2 Å². The molecule has 1 amide bonds. The third-order valence-electron chi connectivity index (χ3n) is 5.41. The number of benzene rings is 1. The van der Waals surface area contributed by atoms with Crippen LogP contribution in [0.5, 0.6) is 0 Å². The van der Waals surface area contributed by atoms with Gasteiger partial charge in [-0.3, -0.25) is 9.59 Å². The average Bonchev–Trinajstić information content (AvgIpc) is 2.68. The van der Waals surface area contributed by atoms with Gasteiger partial charge in [-0.05, 0) is 62.8 Å². The van der Waals surface area contributed by atoms with Crippen LogP contribution < -0.4 is 0 Å². The molecule has 0 atom stereocenters. The summed E-state index contributed by atoms with van der Waals surface area (Å²) in [5, 5.41) is 0. The minimum atomic E-state index is -4.42. The Balaban J connectivity index is 1.50. The van der Waals surface area contributed by atoms with Crippen molar-refractivity contribution in [2.45, 2.75) is 57.2 Å². The van der Waals surface area contributed by atoms with Gasteiger partial charge >= 0.3 is 12.1 Å². The van der Waals surface area contributed by atoms with Crippen molar-refractivity contribution >= 4 is 11.9 Å². The highest BCUT2D eigenvalue weighted by Crippen LogP contribution is 2.30. The van der Waals surface area contributed by atoms with E-state index in [2.05, 4.69) is 0 Å². The van der Waals surface area contributed by atoms with E-state index in [1.165, 1.54) is 18.6 Å². The largest absolute Gasteiger partial charge is 0.462 e. The molecule has 3 rings (SSSR count). The Morgan fingerprint density at radius 1 is 0.926 bits per heavy atom. The Labute approximate surface area is 156 Å². The number of ether oxygens (including phenoxy) is 1. The van der Waals surface area contributed by atoms with Crippen molar-refractivity contribution in [1.82, 2.24) is 4.90 Å². The summed E-state index contributed by atoms with van der Waals surface area (Å²) in [4.78, 5) is 26.4. The van der Waals surface area contributed by atoms with Gasteiger partial charge in [-0.1, -0.05) is 6.42 Å². The lowest BCUT2D eigenvalue weighted by Crippen LogP contribution is -2.41. The van der Waals surface area contributed by atoms with E-state index < -0.39 is 11.7 Å². The first kappa shape index (κ1) is 19.7. The summed E-state index contributed by atoms with van der Waals surface area (Å²) in [6, 6.07) is 4.24. The fraction of sp³-hybridized carbons (Fsp3) is 0.600. The van der Waals surface area contributed by atoms with Crippen LogP contribution in [0.1, 0.15) is 60.9 Å². The van der Waals surface area contributed by atoms with E-state index in [1.807, 2.05) is 0 Å². The van der Waals surface area contributed by atoms with Crippen LogP contribution in [-0.2, 0) is 15.7 Å². The topological polar surface area (TPSA) is 46.6 Å². The van der Waals surface area contributed by atoms with E-state index in [0.717, 1.165) is 37.8 Å². The monoisotopic (exact) mass is 383 g/mol. The van der Waals surface area contributed by atoms with Gasteiger partial charge in [-0.15, -0.1) is 0 Å². The zero-order valence-electron chi connectivity index (χ0n) is 15.1. The van der Waals surface area contributed by atoms with Gasteiger partial charge in [0.1, 0.15) is 6.10 Å². The summed E-state index contributed by atoms with van der Waals surface area (Å²) in [7, 11) is 0. The third kappa shape index (κ3) is 5.02. The maximum atomic E-state index is 12.6. The fourth-order valence-electron chi connectivity index (χ4n) is 3.75. The molecule has 0 unspecified atom stereocenters. The number of amides is 1. The van der Waals surface area contributed by atoms with E-state index in [1.54, 1.807) is 4.90 Å². The van der Waals surface area contributed by atoms with Gasteiger partial charge in [0.25, 0.3) is 5.91 Å². The summed E-state index contributed by atoms with van der Waals surface area (Å²) in [6.07, 6.45) is 1.90. The molecule has 0 aromatic heterocycles. The second-order valence-electron chi connectivity index (χ2n) is 7.34. The molecule has 1 aliphatic heterocycles. The Morgan fingerprint density at radius 3 is 2.07 bits per heavy atom. The number of piperidine rings is 1. The minimum Gasteiger partial charge on any atom is -0.462 e. The number of carbonyl (C=O) groups excluding carboxylic acids is 2. The minimum absolute atomic E-state index is 0.0260. The van der Waals surface area contributed by atoms with Gasteiger partial charge in [-0.25, -0.2) is 0 Å².